The second-order valence-electron chi connectivity index (χ2n) is 16.8. The normalized spacial score (nSPS) is 16.7. The maximum Gasteiger partial charge on any atom is 0.145 e. The lowest BCUT2D eigenvalue weighted by Gasteiger charge is -2.50. The molecule has 6 heterocycles. The summed E-state index contributed by atoms with van der Waals surface area (Å²) in [6, 6.07) is 47.0. The summed E-state index contributed by atoms with van der Waals surface area (Å²) >= 11 is 0. The highest BCUT2D eigenvalue weighted by Crippen LogP contribution is 2.62. The van der Waals surface area contributed by atoms with E-state index in [1.165, 1.54) is 61.5 Å². The molecule has 262 valence electrons. The van der Waals surface area contributed by atoms with Crippen molar-refractivity contribution >= 4 is 56.2 Å². The molecule has 0 spiro atoms. The van der Waals surface area contributed by atoms with Crippen molar-refractivity contribution in [1.29, 1.82) is 0 Å². The van der Waals surface area contributed by atoms with Gasteiger partial charge in [0.1, 0.15) is 11.5 Å². The van der Waals surface area contributed by atoms with Crippen molar-refractivity contribution in [2.45, 2.75) is 57.8 Å². The Kier molecular flexibility index (Phi) is 6.08. The summed E-state index contributed by atoms with van der Waals surface area (Å²) in [4.78, 5) is 15.0. The van der Waals surface area contributed by atoms with E-state index in [1.54, 1.807) is 0 Å². The van der Waals surface area contributed by atoms with Crippen molar-refractivity contribution < 1.29 is 0 Å². The van der Waals surface area contributed by atoms with Crippen LogP contribution in [0, 0.1) is 0 Å². The Labute approximate surface area is 316 Å². The summed E-state index contributed by atoms with van der Waals surface area (Å²) in [6.07, 6.45) is 3.84. The molecule has 0 N–H and O–H groups in total. The Balaban J connectivity index is 1.19. The number of aromatic nitrogens is 3. The fourth-order valence-electron chi connectivity index (χ4n) is 10.0. The average Bonchev–Trinajstić information content (AvgIpc) is 3.52. The standard InChI is InChI=1S/C49H41N5/c1-47(2)34-19-8-10-24-41(34)52(30-15-11-16-31(27-30)53-40-23-9-7-17-32(40)33-18-13-25-50-45(33)53)42-29-43-39(28-38(42)47)49(5,6)36-21-12-20-35-44(36)54(43)46-37(48(35,3)4)22-14-26-51-46/h7-29H,1-6H3. The largest absolute Gasteiger partial charge is 0.310 e. The summed E-state index contributed by atoms with van der Waals surface area (Å²) < 4.78 is 2.31. The Morgan fingerprint density at radius 3 is 1.85 bits per heavy atom. The maximum atomic E-state index is 5.13. The van der Waals surface area contributed by atoms with Gasteiger partial charge in [0.05, 0.1) is 28.3 Å². The molecule has 8 aromatic rings. The maximum absolute atomic E-state index is 5.13. The van der Waals surface area contributed by atoms with Crippen LogP contribution in [0.15, 0.2) is 140 Å². The van der Waals surface area contributed by atoms with Gasteiger partial charge in [-0.1, -0.05) is 108 Å². The zero-order chi connectivity index (χ0) is 36.7. The SMILES string of the molecule is CC1(C)c2ccccc2N(c2cccc(-n3c4ccccc4c4cccnc43)c2)c2cc3c(cc21)C(C)(C)c1cccc2c1N3c1ncccc1C2(C)C. The van der Waals surface area contributed by atoms with Crippen molar-refractivity contribution in [2.24, 2.45) is 0 Å². The highest BCUT2D eigenvalue weighted by molar-refractivity contribution is 6.08. The molecule has 3 aromatic heterocycles. The van der Waals surface area contributed by atoms with Crippen LogP contribution in [0.2, 0.25) is 0 Å². The molecule has 0 saturated heterocycles. The van der Waals surface area contributed by atoms with Gasteiger partial charge in [-0.25, -0.2) is 9.97 Å². The van der Waals surface area contributed by atoms with Gasteiger partial charge >= 0.3 is 0 Å². The number of rotatable bonds is 2. The molecule has 0 radical (unpaired) electrons. The van der Waals surface area contributed by atoms with E-state index < -0.39 is 0 Å². The van der Waals surface area contributed by atoms with Gasteiger partial charge in [-0.3, -0.25) is 9.47 Å². The number of benzene rings is 5. The Morgan fingerprint density at radius 2 is 1.02 bits per heavy atom. The zero-order valence-corrected chi connectivity index (χ0v) is 31.5. The summed E-state index contributed by atoms with van der Waals surface area (Å²) in [5.41, 5.74) is 16.3. The van der Waals surface area contributed by atoms with Crippen LogP contribution in [0.25, 0.3) is 27.6 Å². The lowest BCUT2D eigenvalue weighted by atomic mass is 9.65. The fourth-order valence-corrected chi connectivity index (χ4v) is 10.0. The van der Waals surface area contributed by atoms with Gasteiger partial charge in [-0.2, -0.15) is 0 Å². The van der Waals surface area contributed by atoms with E-state index in [2.05, 4.69) is 177 Å². The van der Waals surface area contributed by atoms with Crippen LogP contribution in [-0.2, 0) is 16.2 Å². The van der Waals surface area contributed by atoms with Crippen molar-refractivity contribution in [3.05, 3.63) is 173 Å². The average molecular weight is 700 g/mol. The first-order valence-electron chi connectivity index (χ1n) is 19.0. The van der Waals surface area contributed by atoms with Crippen molar-refractivity contribution in [1.82, 2.24) is 14.5 Å². The molecule has 0 unspecified atom stereocenters. The third-order valence-corrected chi connectivity index (χ3v) is 12.8. The minimum absolute atomic E-state index is 0.192. The minimum atomic E-state index is -0.246. The van der Waals surface area contributed by atoms with E-state index in [1.807, 2.05) is 18.5 Å². The summed E-state index contributed by atoms with van der Waals surface area (Å²) in [5.74, 6) is 1.02. The molecule has 0 saturated carbocycles. The quantitative estimate of drug-likeness (QED) is 0.180. The van der Waals surface area contributed by atoms with E-state index >= 15 is 0 Å². The molecule has 0 aliphatic carbocycles. The predicted molar refractivity (Wildman–Crippen MR) is 222 cm³/mol. The van der Waals surface area contributed by atoms with Crippen LogP contribution < -0.4 is 9.80 Å². The molecular formula is C49H41N5. The second-order valence-corrected chi connectivity index (χ2v) is 16.8. The molecule has 3 aliphatic heterocycles. The van der Waals surface area contributed by atoms with Gasteiger partial charge < -0.3 is 4.90 Å². The molecule has 0 fully saturated rings. The van der Waals surface area contributed by atoms with Gasteiger partial charge in [-0.05, 0) is 88.5 Å². The van der Waals surface area contributed by atoms with Gasteiger partial charge in [0.25, 0.3) is 0 Å². The smallest absolute Gasteiger partial charge is 0.145 e. The van der Waals surface area contributed by atoms with Crippen LogP contribution >= 0.6 is 0 Å². The molecule has 5 heteroatoms. The first kappa shape index (κ1) is 31.3. The molecule has 54 heavy (non-hydrogen) atoms. The number of nitrogens with zero attached hydrogens (tertiary/aromatic N) is 5. The van der Waals surface area contributed by atoms with Gasteiger partial charge in [0.2, 0.25) is 0 Å². The number of anilines is 6. The number of pyridine rings is 2. The fraction of sp³-hybridized carbons (Fsp3) is 0.184. The Morgan fingerprint density at radius 1 is 0.426 bits per heavy atom. The molecule has 3 aliphatic rings. The lowest BCUT2D eigenvalue weighted by Crippen LogP contribution is -2.39. The molecule has 0 atom stereocenters. The second kappa shape index (κ2) is 10.5. The van der Waals surface area contributed by atoms with Crippen LogP contribution in [0.1, 0.15) is 74.9 Å². The van der Waals surface area contributed by atoms with Gasteiger partial charge in [0.15, 0.2) is 0 Å². The summed E-state index contributed by atoms with van der Waals surface area (Å²) in [7, 11) is 0. The first-order valence-corrected chi connectivity index (χ1v) is 19.0. The van der Waals surface area contributed by atoms with Crippen LogP contribution in [0.3, 0.4) is 0 Å². The Bertz CT molecular complexity index is 2840. The van der Waals surface area contributed by atoms with Gasteiger partial charge in [-0.15, -0.1) is 0 Å². The van der Waals surface area contributed by atoms with E-state index in [0.29, 0.717) is 0 Å². The van der Waals surface area contributed by atoms with Crippen molar-refractivity contribution in [3.63, 3.8) is 0 Å². The first-order chi connectivity index (χ1) is 26.1. The topological polar surface area (TPSA) is 37.2 Å². The highest BCUT2D eigenvalue weighted by Gasteiger charge is 2.48. The lowest BCUT2D eigenvalue weighted by molar-refractivity contribution is 0.587. The van der Waals surface area contributed by atoms with E-state index in [9.17, 15) is 0 Å². The molecule has 5 nitrogen and oxygen atoms in total. The molecule has 0 bridgehead atoms. The number of para-hydroxylation sites is 3. The number of fused-ring (bicyclic) bond motifs is 9. The Hall–Kier alpha value is -6.20. The third kappa shape index (κ3) is 3.89. The monoisotopic (exact) mass is 699 g/mol. The predicted octanol–water partition coefficient (Wildman–Crippen LogP) is 12.4. The number of hydrogen-bond acceptors (Lipinski definition) is 4. The minimum Gasteiger partial charge on any atom is -0.310 e. The van der Waals surface area contributed by atoms with E-state index in [-0.39, 0.29) is 16.2 Å². The molecular weight excluding hydrogens is 659 g/mol. The van der Waals surface area contributed by atoms with Crippen LogP contribution in [0.5, 0.6) is 0 Å². The van der Waals surface area contributed by atoms with Crippen molar-refractivity contribution in [3.8, 4) is 5.69 Å². The number of hydrogen-bond donors (Lipinski definition) is 0. The van der Waals surface area contributed by atoms with Crippen molar-refractivity contribution in [2.75, 3.05) is 9.80 Å². The zero-order valence-electron chi connectivity index (χ0n) is 31.5. The van der Waals surface area contributed by atoms with E-state index in [0.717, 1.165) is 33.7 Å². The van der Waals surface area contributed by atoms with Crippen LogP contribution in [0.4, 0.5) is 34.3 Å². The molecule has 11 rings (SSSR count). The van der Waals surface area contributed by atoms with Gasteiger partial charge in [0, 0.05) is 56.3 Å². The molecule has 0 amide bonds. The van der Waals surface area contributed by atoms with Crippen LogP contribution in [-0.4, -0.2) is 14.5 Å². The third-order valence-electron chi connectivity index (χ3n) is 12.8. The summed E-state index contributed by atoms with van der Waals surface area (Å²) in [6.45, 7) is 14.3. The molecule has 5 aromatic carbocycles. The van der Waals surface area contributed by atoms with E-state index in [4.69, 9.17) is 9.97 Å². The highest BCUT2D eigenvalue weighted by atomic mass is 15.2. The summed E-state index contributed by atoms with van der Waals surface area (Å²) in [5, 5.41) is 2.36.